The van der Waals surface area contributed by atoms with Crippen LogP contribution in [0.1, 0.15) is 5.56 Å². The SMILES string of the molecule is CN1N=C(OC=O)C(=Cc2ccc3ccc4cccc5ccc2c3c45)C1=O. The number of nitrogens with zero attached hydrogens (tertiary/aromatic N) is 2. The van der Waals surface area contributed by atoms with Gasteiger partial charge >= 0.3 is 0 Å². The molecule has 130 valence electrons. The molecule has 5 heteroatoms. The first kappa shape index (κ1) is 15.5. The van der Waals surface area contributed by atoms with Crippen molar-refractivity contribution in [2.24, 2.45) is 5.10 Å². The second-order valence-corrected chi connectivity index (χ2v) is 6.52. The fourth-order valence-corrected chi connectivity index (χ4v) is 3.80. The molecular formula is C22H14N2O3. The monoisotopic (exact) mass is 354 g/mol. The molecule has 27 heavy (non-hydrogen) atoms. The molecule has 0 unspecified atom stereocenters. The minimum Gasteiger partial charge on any atom is -0.407 e. The molecule has 0 saturated carbocycles. The van der Waals surface area contributed by atoms with Crippen LogP contribution in [0.3, 0.4) is 0 Å². The summed E-state index contributed by atoms with van der Waals surface area (Å²) >= 11 is 0. The Balaban J connectivity index is 1.80. The van der Waals surface area contributed by atoms with Crippen molar-refractivity contribution >= 4 is 56.7 Å². The second kappa shape index (κ2) is 5.64. The van der Waals surface area contributed by atoms with Crippen LogP contribution in [-0.2, 0) is 14.3 Å². The molecule has 0 atom stereocenters. The van der Waals surface area contributed by atoms with Crippen LogP contribution in [0.4, 0.5) is 0 Å². The first-order valence-electron chi connectivity index (χ1n) is 8.53. The summed E-state index contributed by atoms with van der Waals surface area (Å²) in [5.41, 5.74) is 1.14. The van der Waals surface area contributed by atoms with Crippen molar-refractivity contribution in [3.05, 3.63) is 65.7 Å². The van der Waals surface area contributed by atoms with E-state index in [1.807, 2.05) is 12.1 Å². The molecule has 0 N–H and O–H groups in total. The van der Waals surface area contributed by atoms with Crippen molar-refractivity contribution in [2.75, 3.05) is 7.05 Å². The number of likely N-dealkylation sites (N-methyl/N-ethyl adjacent to an activating group) is 1. The average Bonchev–Trinajstić information content (AvgIpc) is 2.95. The normalized spacial score (nSPS) is 16.0. The van der Waals surface area contributed by atoms with Crippen LogP contribution in [0.2, 0.25) is 0 Å². The standard InChI is InChI=1S/C22H14N2O3/c1-24-22(26)18(21(23-24)27-12-25)11-16-8-7-15-6-5-13-3-2-4-14-9-10-17(16)20(15)19(13)14/h2-12H,1H3. The highest BCUT2D eigenvalue weighted by molar-refractivity contribution is 6.28. The van der Waals surface area contributed by atoms with E-state index >= 15 is 0 Å². The largest absolute Gasteiger partial charge is 0.407 e. The third-order valence-corrected chi connectivity index (χ3v) is 5.02. The van der Waals surface area contributed by atoms with Gasteiger partial charge in [0.2, 0.25) is 0 Å². The molecule has 5 nitrogen and oxygen atoms in total. The zero-order valence-electron chi connectivity index (χ0n) is 14.5. The molecule has 0 bridgehead atoms. The van der Waals surface area contributed by atoms with Crippen molar-refractivity contribution in [3.63, 3.8) is 0 Å². The summed E-state index contributed by atoms with van der Waals surface area (Å²) in [6, 6.07) is 18.7. The zero-order chi connectivity index (χ0) is 18.5. The highest BCUT2D eigenvalue weighted by Gasteiger charge is 2.29. The van der Waals surface area contributed by atoms with E-state index < -0.39 is 0 Å². The van der Waals surface area contributed by atoms with Gasteiger partial charge in [-0.2, -0.15) is 0 Å². The molecule has 1 heterocycles. The summed E-state index contributed by atoms with van der Waals surface area (Å²) in [4.78, 5) is 23.2. The molecular weight excluding hydrogens is 340 g/mol. The molecule has 1 aliphatic rings. The molecule has 0 aromatic heterocycles. The van der Waals surface area contributed by atoms with Crippen LogP contribution in [-0.4, -0.2) is 30.3 Å². The number of hydrogen-bond acceptors (Lipinski definition) is 4. The number of amides is 1. The van der Waals surface area contributed by atoms with Gasteiger partial charge in [0, 0.05) is 7.05 Å². The van der Waals surface area contributed by atoms with Gasteiger partial charge in [-0.1, -0.05) is 54.6 Å². The van der Waals surface area contributed by atoms with Gasteiger partial charge in [-0.3, -0.25) is 9.59 Å². The van der Waals surface area contributed by atoms with Crippen molar-refractivity contribution < 1.29 is 14.3 Å². The summed E-state index contributed by atoms with van der Waals surface area (Å²) in [6.45, 7) is 0.281. The third-order valence-electron chi connectivity index (χ3n) is 5.02. The first-order chi connectivity index (χ1) is 13.2. The Hall–Kier alpha value is -3.73. The summed E-state index contributed by atoms with van der Waals surface area (Å²) < 4.78 is 4.89. The highest BCUT2D eigenvalue weighted by atomic mass is 16.5. The minimum absolute atomic E-state index is 0.0168. The van der Waals surface area contributed by atoms with Crippen LogP contribution in [0.15, 0.2) is 65.3 Å². The first-order valence-corrected chi connectivity index (χ1v) is 8.53. The van der Waals surface area contributed by atoms with Gasteiger partial charge in [0.25, 0.3) is 18.3 Å². The van der Waals surface area contributed by atoms with E-state index in [4.69, 9.17) is 4.74 Å². The van der Waals surface area contributed by atoms with Gasteiger partial charge < -0.3 is 4.74 Å². The maximum Gasteiger partial charge on any atom is 0.299 e. The smallest absolute Gasteiger partial charge is 0.299 e. The van der Waals surface area contributed by atoms with E-state index in [1.165, 1.54) is 28.2 Å². The lowest BCUT2D eigenvalue weighted by molar-refractivity contribution is -0.124. The van der Waals surface area contributed by atoms with Gasteiger partial charge in [-0.15, -0.1) is 5.10 Å². The van der Waals surface area contributed by atoms with Crippen molar-refractivity contribution in [2.45, 2.75) is 0 Å². The van der Waals surface area contributed by atoms with Crippen LogP contribution in [0, 0.1) is 0 Å². The van der Waals surface area contributed by atoms with Crippen molar-refractivity contribution in [3.8, 4) is 0 Å². The number of hydrazone groups is 1. The van der Waals surface area contributed by atoms with Gasteiger partial charge in [-0.05, 0) is 44.0 Å². The van der Waals surface area contributed by atoms with Crippen LogP contribution in [0.5, 0.6) is 0 Å². The van der Waals surface area contributed by atoms with Gasteiger partial charge in [0.1, 0.15) is 5.57 Å². The van der Waals surface area contributed by atoms with E-state index in [-0.39, 0.29) is 23.9 Å². The molecule has 4 aromatic rings. The molecule has 0 radical (unpaired) electrons. The van der Waals surface area contributed by atoms with Gasteiger partial charge in [0.05, 0.1) is 0 Å². The Kier molecular flexibility index (Phi) is 3.24. The Morgan fingerprint density at radius 2 is 1.59 bits per heavy atom. The fraction of sp³-hybridized carbons (Fsp3) is 0.0455. The highest BCUT2D eigenvalue weighted by Crippen LogP contribution is 2.36. The number of carbonyl (C=O) groups excluding carboxylic acids is 2. The van der Waals surface area contributed by atoms with Gasteiger partial charge in [0.15, 0.2) is 0 Å². The minimum atomic E-state index is -0.308. The Morgan fingerprint density at radius 3 is 2.33 bits per heavy atom. The predicted octanol–water partition coefficient (Wildman–Crippen LogP) is 3.93. The van der Waals surface area contributed by atoms with Crippen LogP contribution in [0.25, 0.3) is 38.4 Å². The van der Waals surface area contributed by atoms with Crippen LogP contribution < -0.4 is 0 Å². The number of ether oxygens (including phenoxy) is 1. The van der Waals surface area contributed by atoms with E-state index in [2.05, 4.69) is 47.6 Å². The molecule has 0 fully saturated rings. The molecule has 0 spiro atoms. The summed E-state index contributed by atoms with van der Waals surface area (Å²) in [5, 5.41) is 12.1. The molecule has 0 saturated heterocycles. The number of hydrogen-bond donors (Lipinski definition) is 0. The van der Waals surface area contributed by atoms with Gasteiger partial charge in [-0.25, -0.2) is 5.01 Å². The lowest BCUT2D eigenvalue weighted by atomic mass is 9.91. The lowest BCUT2D eigenvalue weighted by Crippen LogP contribution is -2.17. The summed E-state index contributed by atoms with van der Waals surface area (Å²) in [6.07, 6.45) is 1.74. The fourth-order valence-electron chi connectivity index (χ4n) is 3.80. The predicted molar refractivity (Wildman–Crippen MR) is 105 cm³/mol. The molecule has 1 aliphatic heterocycles. The maximum absolute atomic E-state index is 12.4. The topological polar surface area (TPSA) is 59.0 Å². The van der Waals surface area contributed by atoms with E-state index in [0.29, 0.717) is 0 Å². The quantitative estimate of drug-likeness (QED) is 0.311. The molecule has 1 amide bonds. The average molecular weight is 354 g/mol. The lowest BCUT2D eigenvalue weighted by Gasteiger charge is -2.12. The Bertz CT molecular complexity index is 1290. The van der Waals surface area contributed by atoms with E-state index in [9.17, 15) is 9.59 Å². The van der Waals surface area contributed by atoms with Crippen molar-refractivity contribution in [1.29, 1.82) is 0 Å². The molecule has 4 aromatic carbocycles. The number of benzene rings is 4. The maximum atomic E-state index is 12.4. The number of rotatable bonds is 2. The Labute approximate surface area is 154 Å². The Morgan fingerprint density at radius 1 is 0.926 bits per heavy atom. The van der Waals surface area contributed by atoms with Crippen molar-refractivity contribution in [1.82, 2.24) is 5.01 Å². The second-order valence-electron chi connectivity index (χ2n) is 6.52. The number of carbonyl (C=O) groups is 2. The third kappa shape index (κ3) is 2.22. The summed E-state index contributed by atoms with van der Waals surface area (Å²) in [7, 11) is 1.53. The van der Waals surface area contributed by atoms with E-state index in [0.717, 1.165) is 21.7 Å². The van der Waals surface area contributed by atoms with E-state index in [1.54, 1.807) is 6.08 Å². The zero-order valence-corrected chi connectivity index (χ0v) is 14.5. The molecule has 5 rings (SSSR count). The van der Waals surface area contributed by atoms with Crippen LogP contribution >= 0.6 is 0 Å². The summed E-state index contributed by atoms with van der Waals surface area (Å²) in [5.74, 6) is -0.291. The molecule has 0 aliphatic carbocycles.